The Hall–Kier alpha value is -1.43. The zero-order valence-corrected chi connectivity index (χ0v) is 13.3. The molecule has 0 spiro atoms. The highest BCUT2D eigenvalue weighted by Gasteiger charge is 2.11. The molecule has 0 bridgehead atoms. The molecule has 0 fully saturated rings. The van der Waals surface area contributed by atoms with Crippen LogP contribution >= 0.6 is 0 Å². The van der Waals surface area contributed by atoms with Crippen LogP contribution in [0.15, 0.2) is 12.1 Å². The van der Waals surface area contributed by atoms with Gasteiger partial charge in [0.25, 0.3) is 5.91 Å². The van der Waals surface area contributed by atoms with E-state index in [2.05, 4.69) is 15.6 Å². The van der Waals surface area contributed by atoms with E-state index in [9.17, 15) is 9.00 Å². The Labute approximate surface area is 123 Å². The Morgan fingerprint density at radius 2 is 2.10 bits per heavy atom. The summed E-state index contributed by atoms with van der Waals surface area (Å²) in [6, 6.07) is 3.52. The second-order valence-corrected chi connectivity index (χ2v) is 6.62. The first-order valence-corrected chi connectivity index (χ1v) is 8.29. The third kappa shape index (κ3) is 4.92. The summed E-state index contributed by atoms with van der Waals surface area (Å²) in [7, 11) is 0.919. The summed E-state index contributed by atoms with van der Waals surface area (Å²) in [6.07, 6.45) is 0. The van der Waals surface area contributed by atoms with Crippen molar-refractivity contribution < 1.29 is 9.00 Å². The smallest absolute Gasteiger partial charge is 0.251 e. The molecule has 0 saturated heterocycles. The highest BCUT2D eigenvalue weighted by Crippen LogP contribution is 2.17. The van der Waals surface area contributed by atoms with Crippen LogP contribution in [0.2, 0.25) is 0 Å². The summed E-state index contributed by atoms with van der Waals surface area (Å²) in [6.45, 7) is 6.37. The summed E-state index contributed by atoms with van der Waals surface area (Å²) >= 11 is 0. The van der Waals surface area contributed by atoms with E-state index < -0.39 is 10.8 Å². The molecule has 1 aromatic rings. The average molecular weight is 297 g/mol. The second kappa shape index (κ2) is 7.99. The van der Waals surface area contributed by atoms with Crippen LogP contribution in [0.1, 0.15) is 42.7 Å². The van der Waals surface area contributed by atoms with Crippen molar-refractivity contribution in [2.45, 2.75) is 26.7 Å². The minimum atomic E-state index is -0.857. The number of nitrogens with one attached hydrogen (secondary N) is 2. The molecular weight excluding hydrogens is 274 g/mol. The number of carbonyl (C=O) groups excluding carboxylic acids is 1. The Bertz CT molecular complexity index is 489. The second-order valence-electron chi connectivity index (χ2n) is 4.76. The van der Waals surface area contributed by atoms with Crippen LogP contribution in [0.4, 0.5) is 5.82 Å². The first-order valence-electron chi connectivity index (χ1n) is 6.80. The molecular formula is C14H23N3O2S. The van der Waals surface area contributed by atoms with Gasteiger partial charge in [-0.3, -0.25) is 9.00 Å². The first-order chi connectivity index (χ1) is 9.47. The zero-order chi connectivity index (χ0) is 15.1. The van der Waals surface area contributed by atoms with Crippen LogP contribution in [0, 0.1) is 0 Å². The van der Waals surface area contributed by atoms with Crippen molar-refractivity contribution in [3.8, 4) is 0 Å². The van der Waals surface area contributed by atoms with Crippen molar-refractivity contribution in [2.75, 3.05) is 30.4 Å². The molecule has 0 saturated carbocycles. The Kier molecular flexibility index (Phi) is 6.64. The van der Waals surface area contributed by atoms with E-state index in [1.807, 2.05) is 20.8 Å². The number of hydrogen-bond donors (Lipinski definition) is 2. The maximum Gasteiger partial charge on any atom is 0.251 e. The lowest BCUT2D eigenvalue weighted by Crippen LogP contribution is -2.28. The maximum atomic E-state index is 12.1. The molecule has 1 heterocycles. The summed E-state index contributed by atoms with van der Waals surface area (Å²) in [4.78, 5) is 16.5. The van der Waals surface area contributed by atoms with Gasteiger partial charge in [-0.1, -0.05) is 20.8 Å². The molecule has 1 amide bonds. The summed E-state index contributed by atoms with van der Waals surface area (Å²) in [5.41, 5.74) is 1.45. The van der Waals surface area contributed by atoms with Crippen LogP contribution in [0.3, 0.4) is 0 Å². The highest BCUT2D eigenvalue weighted by molar-refractivity contribution is 7.84. The molecule has 1 rings (SSSR count). The molecule has 6 heteroatoms. The zero-order valence-electron chi connectivity index (χ0n) is 12.5. The minimum absolute atomic E-state index is 0.154. The van der Waals surface area contributed by atoms with Gasteiger partial charge in [-0.15, -0.1) is 0 Å². The van der Waals surface area contributed by atoms with Gasteiger partial charge >= 0.3 is 0 Å². The quantitative estimate of drug-likeness (QED) is 0.804. The molecule has 0 aliphatic heterocycles. The molecule has 20 heavy (non-hydrogen) atoms. The normalized spacial score (nSPS) is 12.2. The maximum absolute atomic E-state index is 12.1. The lowest BCUT2D eigenvalue weighted by atomic mass is 10.1. The highest BCUT2D eigenvalue weighted by atomic mass is 32.2. The van der Waals surface area contributed by atoms with Crippen molar-refractivity contribution in [3.05, 3.63) is 23.4 Å². The number of pyridine rings is 1. The number of carbonyl (C=O) groups is 1. The van der Waals surface area contributed by atoms with Gasteiger partial charge in [-0.25, -0.2) is 4.98 Å². The fourth-order valence-electron chi connectivity index (χ4n) is 1.63. The summed E-state index contributed by atoms with van der Waals surface area (Å²) < 4.78 is 11.3. The van der Waals surface area contributed by atoms with E-state index >= 15 is 0 Å². The van der Waals surface area contributed by atoms with Crippen LogP contribution in [-0.4, -0.2) is 40.2 Å². The van der Waals surface area contributed by atoms with Crippen molar-refractivity contribution >= 4 is 22.5 Å². The average Bonchev–Trinajstić information content (AvgIpc) is 2.46. The fourth-order valence-corrected chi connectivity index (χ4v) is 2.25. The van der Waals surface area contributed by atoms with E-state index in [1.165, 1.54) is 0 Å². The van der Waals surface area contributed by atoms with E-state index in [1.54, 1.807) is 19.2 Å². The Morgan fingerprint density at radius 1 is 1.40 bits per heavy atom. The number of nitrogens with zero attached hydrogens (tertiary/aromatic N) is 1. The monoisotopic (exact) mass is 297 g/mol. The van der Waals surface area contributed by atoms with Gasteiger partial charge in [-0.05, 0) is 18.1 Å². The standard InChI is InChI=1S/C14H23N3O2S/c1-5-20(19)7-6-16-14(18)11-8-12(10(2)3)17-13(9-11)15-4/h8-10H,5-7H2,1-4H3,(H,15,17)(H,16,18). The van der Waals surface area contributed by atoms with Gasteiger partial charge in [0.15, 0.2) is 0 Å². The van der Waals surface area contributed by atoms with Crippen LogP contribution < -0.4 is 10.6 Å². The third-order valence-corrected chi connectivity index (χ3v) is 4.20. The topological polar surface area (TPSA) is 71.1 Å². The molecule has 0 radical (unpaired) electrons. The number of anilines is 1. The molecule has 0 aromatic carbocycles. The molecule has 2 N–H and O–H groups in total. The van der Waals surface area contributed by atoms with Crippen molar-refractivity contribution in [1.82, 2.24) is 10.3 Å². The third-order valence-electron chi connectivity index (χ3n) is 2.89. The molecule has 0 aliphatic carbocycles. The van der Waals surface area contributed by atoms with Gasteiger partial charge in [0.05, 0.1) is 0 Å². The largest absolute Gasteiger partial charge is 0.373 e. The predicted molar refractivity (Wildman–Crippen MR) is 83.8 cm³/mol. The van der Waals surface area contributed by atoms with Crippen LogP contribution in [0.5, 0.6) is 0 Å². The lowest BCUT2D eigenvalue weighted by Gasteiger charge is -2.11. The fraction of sp³-hybridized carbons (Fsp3) is 0.571. The van der Waals surface area contributed by atoms with E-state index in [4.69, 9.17) is 0 Å². The van der Waals surface area contributed by atoms with E-state index in [0.29, 0.717) is 29.4 Å². The summed E-state index contributed by atoms with van der Waals surface area (Å²) in [5.74, 6) is 1.88. The number of hydrogen-bond acceptors (Lipinski definition) is 4. The summed E-state index contributed by atoms with van der Waals surface area (Å²) in [5, 5.41) is 5.76. The molecule has 1 unspecified atom stereocenters. The predicted octanol–water partition coefficient (Wildman–Crippen LogP) is 1.75. The minimum Gasteiger partial charge on any atom is -0.373 e. The van der Waals surface area contributed by atoms with Crippen LogP contribution in [-0.2, 0) is 10.8 Å². The van der Waals surface area contributed by atoms with Gasteiger partial charge in [-0.2, -0.15) is 0 Å². The van der Waals surface area contributed by atoms with Gasteiger partial charge in [0.2, 0.25) is 0 Å². The molecule has 5 nitrogen and oxygen atoms in total. The van der Waals surface area contributed by atoms with Gasteiger partial charge in [0, 0.05) is 47.2 Å². The number of amides is 1. The van der Waals surface area contributed by atoms with Gasteiger partial charge < -0.3 is 10.6 Å². The number of aromatic nitrogens is 1. The Balaban J connectivity index is 2.76. The van der Waals surface area contributed by atoms with Crippen molar-refractivity contribution in [1.29, 1.82) is 0 Å². The van der Waals surface area contributed by atoms with Crippen LogP contribution in [0.25, 0.3) is 0 Å². The number of rotatable bonds is 7. The lowest BCUT2D eigenvalue weighted by molar-refractivity contribution is 0.0956. The molecule has 0 aliphatic rings. The molecule has 1 aromatic heterocycles. The molecule has 112 valence electrons. The van der Waals surface area contributed by atoms with Crippen molar-refractivity contribution in [2.24, 2.45) is 0 Å². The SMILES string of the molecule is CCS(=O)CCNC(=O)c1cc(NC)nc(C(C)C)c1. The van der Waals surface area contributed by atoms with Crippen molar-refractivity contribution in [3.63, 3.8) is 0 Å². The van der Waals surface area contributed by atoms with E-state index in [0.717, 1.165) is 5.69 Å². The van der Waals surface area contributed by atoms with Gasteiger partial charge in [0.1, 0.15) is 5.82 Å². The molecule has 1 atom stereocenters. The Morgan fingerprint density at radius 3 is 2.65 bits per heavy atom. The first kappa shape index (κ1) is 16.6. The van der Waals surface area contributed by atoms with E-state index in [-0.39, 0.29) is 11.8 Å².